The summed E-state index contributed by atoms with van der Waals surface area (Å²) in [6.45, 7) is 7.51. The molecule has 0 spiro atoms. The maximum absolute atomic E-state index is 12.1. The van der Waals surface area contributed by atoms with Crippen LogP contribution in [0.3, 0.4) is 0 Å². The molecule has 17 heavy (non-hydrogen) atoms. The molecular weight excluding hydrogens is 214 g/mol. The Kier molecular flexibility index (Phi) is 5.44. The molecule has 0 radical (unpaired) electrons. The molecule has 1 rings (SSSR count). The summed E-state index contributed by atoms with van der Waals surface area (Å²) in [6, 6.07) is 0. The molecule has 1 saturated carbocycles. The third-order valence-corrected chi connectivity index (χ3v) is 4.02. The van der Waals surface area contributed by atoms with Gasteiger partial charge in [-0.3, -0.25) is 4.79 Å². The molecule has 0 aromatic rings. The molecule has 1 aliphatic carbocycles. The van der Waals surface area contributed by atoms with Gasteiger partial charge >= 0.3 is 5.97 Å². The van der Waals surface area contributed by atoms with Crippen molar-refractivity contribution in [2.75, 3.05) is 13.7 Å². The molecule has 1 aliphatic rings. The number of carbonyl (C=O) groups is 1. The van der Waals surface area contributed by atoms with Gasteiger partial charge in [0.05, 0.1) is 7.11 Å². The van der Waals surface area contributed by atoms with E-state index in [0.29, 0.717) is 11.8 Å². The first-order valence-corrected chi connectivity index (χ1v) is 6.89. The Morgan fingerprint density at radius 2 is 2.24 bits per heavy atom. The summed E-state index contributed by atoms with van der Waals surface area (Å²) in [5.74, 6) is 1.20. The molecule has 2 atom stereocenters. The minimum Gasteiger partial charge on any atom is -0.468 e. The first kappa shape index (κ1) is 14.5. The molecule has 0 aromatic carbocycles. The van der Waals surface area contributed by atoms with E-state index in [2.05, 4.69) is 26.1 Å². The number of carbonyl (C=O) groups excluding carboxylic acids is 1. The Morgan fingerprint density at radius 3 is 2.76 bits per heavy atom. The van der Waals surface area contributed by atoms with Gasteiger partial charge in [0.2, 0.25) is 0 Å². The molecule has 0 aromatic heterocycles. The Morgan fingerprint density at radius 1 is 1.53 bits per heavy atom. The second-order valence-electron chi connectivity index (χ2n) is 5.60. The fraction of sp³-hybridized carbons (Fsp3) is 0.929. The summed E-state index contributed by atoms with van der Waals surface area (Å²) in [5.41, 5.74) is -0.419. The number of hydrogen-bond acceptors (Lipinski definition) is 3. The molecule has 0 saturated heterocycles. The normalized spacial score (nSPS) is 29.4. The first-order valence-electron chi connectivity index (χ1n) is 6.89. The van der Waals surface area contributed by atoms with Crippen LogP contribution in [0.4, 0.5) is 0 Å². The van der Waals surface area contributed by atoms with Crippen LogP contribution in [0.5, 0.6) is 0 Å². The van der Waals surface area contributed by atoms with Gasteiger partial charge in [0.15, 0.2) is 0 Å². The van der Waals surface area contributed by atoms with Crippen molar-refractivity contribution in [2.45, 2.75) is 58.4 Å². The number of nitrogens with one attached hydrogen (secondary N) is 1. The van der Waals surface area contributed by atoms with Crippen LogP contribution in [-0.2, 0) is 9.53 Å². The van der Waals surface area contributed by atoms with Gasteiger partial charge in [-0.15, -0.1) is 0 Å². The van der Waals surface area contributed by atoms with E-state index in [-0.39, 0.29) is 5.97 Å². The highest BCUT2D eigenvalue weighted by Gasteiger charge is 2.43. The van der Waals surface area contributed by atoms with Gasteiger partial charge in [0, 0.05) is 0 Å². The predicted molar refractivity (Wildman–Crippen MR) is 69.8 cm³/mol. The zero-order valence-electron chi connectivity index (χ0n) is 11.7. The van der Waals surface area contributed by atoms with Crippen molar-refractivity contribution in [3.8, 4) is 0 Å². The van der Waals surface area contributed by atoms with Crippen LogP contribution < -0.4 is 5.32 Å². The Labute approximate surface area is 105 Å². The highest BCUT2D eigenvalue weighted by Crippen LogP contribution is 2.37. The number of ether oxygens (including phenoxy) is 1. The first-order chi connectivity index (χ1) is 8.05. The van der Waals surface area contributed by atoms with Crippen molar-refractivity contribution in [3.63, 3.8) is 0 Å². The van der Waals surface area contributed by atoms with Crippen LogP contribution >= 0.6 is 0 Å². The van der Waals surface area contributed by atoms with Gasteiger partial charge in [-0.1, -0.05) is 33.6 Å². The smallest absolute Gasteiger partial charge is 0.326 e. The van der Waals surface area contributed by atoms with Crippen molar-refractivity contribution >= 4 is 5.97 Å². The quantitative estimate of drug-likeness (QED) is 0.752. The summed E-state index contributed by atoms with van der Waals surface area (Å²) in [7, 11) is 1.50. The zero-order chi connectivity index (χ0) is 12.9. The minimum absolute atomic E-state index is 0.0729. The number of rotatable bonds is 5. The lowest BCUT2D eigenvalue weighted by Crippen LogP contribution is -2.56. The van der Waals surface area contributed by atoms with Gasteiger partial charge in [0.25, 0.3) is 0 Å². The van der Waals surface area contributed by atoms with E-state index in [1.165, 1.54) is 13.5 Å². The van der Waals surface area contributed by atoms with E-state index >= 15 is 0 Å². The second kappa shape index (κ2) is 6.39. The fourth-order valence-corrected chi connectivity index (χ4v) is 2.86. The zero-order valence-corrected chi connectivity index (χ0v) is 11.7. The largest absolute Gasteiger partial charge is 0.468 e. The Hall–Kier alpha value is -0.570. The molecule has 100 valence electrons. The van der Waals surface area contributed by atoms with Crippen molar-refractivity contribution in [1.82, 2.24) is 5.32 Å². The summed E-state index contributed by atoms with van der Waals surface area (Å²) in [5, 5.41) is 3.45. The van der Waals surface area contributed by atoms with Crippen molar-refractivity contribution < 1.29 is 9.53 Å². The number of hydrogen-bond donors (Lipinski definition) is 1. The molecule has 3 nitrogen and oxygen atoms in total. The summed E-state index contributed by atoms with van der Waals surface area (Å²) < 4.78 is 5.02. The monoisotopic (exact) mass is 241 g/mol. The molecular formula is C14H27NO2. The molecule has 1 fully saturated rings. The molecule has 3 heteroatoms. The standard InChI is InChI=1S/C14H27NO2/c1-5-9-15-14(13(16)17-4)8-6-7-12(10-14)11(2)3/h11-12,15H,5-10H2,1-4H3. The third kappa shape index (κ3) is 3.44. The van der Waals surface area contributed by atoms with Crippen molar-refractivity contribution in [2.24, 2.45) is 11.8 Å². The Bertz CT molecular complexity index is 253. The van der Waals surface area contributed by atoms with Crippen LogP contribution in [0.15, 0.2) is 0 Å². The molecule has 0 amide bonds. The van der Waals surface area contributed by atoms with Gasteiger partial charge in [0.1, 0.15) is 5.54 Å². The maximum Gasteiger partial charge on any atom is 0.326 e. The molecule has 0 aliphatic heterocycles. The van der Waals surface area contributed by atoms with Crippen LogP contribution in [0, 0.1) is 11.8 Å². The van der Waals surface area contributed by atoms with Crippen molar-refractivity contribution in [1.29, 1.82) is 0 Å². The molecule has 0 bridgehead atoms. The number of esters is 1. The SMILES string of the molecule is CCCNC1(C(=O)OC)CCCC(C(C)C)C1. The van der Waals surface area contributed by atoms with E-state index in [0.717, 1.165) is 32.2 Å². The van der Waals surface area contributed by atoms with E-state index in [9.17, 15) is 4.79 Å². The minimum atomic E-state index is -0.419. The van der Waals surface area contributed by atoms with Crippen LogP contribution in [0.1, 0.15) is 52.9 Å². The lowest BCUT2D eigenvalue weighted by Gasteiger charge is -2.40. The lowest BCUT2D eigenvalue weighted by atomic mass is 9.71. The van der Waals surface area contributed by atoms with Gasteiger partial charge < -0.3 is 10.1 Å². The maximum atomic E-state index is 12.1. The summed E-state index contributed by atoms with van der Waals surface area (Å²) in [6.07, 6.45) is 5.25. The van der Waals surface area contributed by atoms with E-state index in [4.69, 9.17) is 4.74 Å². The van der Waals surface area contributed by atoms with Gasteiger partial charge in [-0.05, 0) is 37.6 Å². The lowest BCUT2D eigenvalue weighted by molar-refractivity contribution is -0.151. The van der Waals surface area contributed by atoms with Gasteiger partial charge in [-0.2, -0.15) is 0 Å². The summed E-state index contributed by atoms with van der Waals surface area (Å²) >= 11 is 0. The van der Waals surface area contributed by atoms with Gasteiger partial charge in [-0.25, -0.2) is 0 Å². The van der Waals surface area contributed by atoms with Crippen LogP contribution in [0.2, 0.25) is 0 Å². The topological polar surface area (TPSA) is 38.3 Å². The second-order valence-corrected chi connectivity index (χ2v) is 5.60. The van der Waals surface area contributed by atoms with Crippen molar-refractivity contribution in [3.05, 3.63) is 0 Å². The van der Waals surface area contributed by atoms with E-state index in [1.54, 1.807) is 0 Å². The average Bonchev–Trinajstić information content (AvgIpc) is 2.35. The number of methoxy groups -OCH3 is 1. The average molecular weight is 241 g/mol. The summed E-state index contributed by atoms with van der Waals surface area (Å²) in [4.78, 5) is 12.1. The predicted octanol–water partition coefficient (Wildman–Crippen LogP) is 2.74. The highest BCUT2D eigenvalue weighted by atomic mass is 16.5. The van der Waals surface area contributed by atoms with E-state index in [1.807, 2.05) is 0 Å². The molecule has 1 N–H and O–H groups in total. The van der Waals surface area contributed by atoms with Crippen LogP contribution in [0.25, 0.3) is 0 Å². The highest BCUT2D eigenvalue weighted by molar-refractivity contribution is 5.81. The third-order valence-electron chi connectivity index (χ3n) is 4.02. The van der Waals surface area contributed by atoms with Crippen LogP contribution in [-0.4, -0.2) is 25.2 Å². The fourth-order valence-electron chi connectivity index (χ4n) is 2.86. The molecule has 0 heterocycles. The van der Waals surface area contributed by atoms with E-state index < -0.39 is 5.54 Å². The molecule has 2 unspecified atom stereocenters. The Balaban J connectivity index is 2.78.